The summed E-state index contributed by atoms with van der Waals surface area (Å²) >= 11 is 0. The van der Waals surface area contributed by atoms with E-state index in [2.05, 4.69) is 0 Å². The first kappa shape index (κ1) is 13.1. The van der Waals surface area contributed by atoms with Crippen molar-refractivity contribution in [3.63, 3.8) is 0 Å². The number of carbonyl (C=O) groups is 1. The fourth-order valence-corrected chi connectivity index (χ4v) is 1.69. The molecule has 0 unspecified atom stereocenters. The Morgan fingerprint density at radius 3 is 2.53 bits per heavy atom. The largest absolute Gasteiger partial charge is 0.508 e. The second-order valence-electron chi connectivity index (χ2n) is 4.14. The van der Waals surface area contributed by atoms with Crippen molar-refractivity contribution in [3.8, 4) is 5.75 Å². The number of phenols is 1. The molecule has 0 aliphatic carbocycles. The average molecular weight is 260 g/mol. The quantitative estimate of drug-likeness (QED) is 0.860. The summed E-state index contributed by atoms with van der Waals surface area (Å²) in [5, 5.41) is 9.22. The molecular formula is C15H13FO3. The summed E-state index contributed by atoms with van der Waals surface area (Å²) in [6.45, 7) is 0.182. The Morgan fingerprint density at radius 2 is 1.84 bits per heavy atom. The molecule has 0 heterocycles. The molecule has 0 saturated carbocycles. The molecule has 1 N–H and O–H groups in total. The van der Waals surface area contributed by atoms with E-state index >= 15 is 0 Å². The van der Waals surface area contributed by atoms with Gasteiger partial charge >= 0.3 is 5.97 Å². The van der Waals surface area contributed by atoms with E-state index in [0.29, 0.717) is 5.56 Å². The Balaban J connectivity index is 1.91. The van der Waals surface area contributed by atoms with Crippen LogP contribution >= 0.6 is 0 Å². The fraction of sp³-hybridized carbons (Fsp3) is 0.133. The Bertz CT molecular complexity index is 547. The van der Waals surface area contributed by atoms with Gasteiger partial charge in [0.2, 0.25) is 0 Å². The SMILES string of the molecule is O=C(Cc1cc(O)cc(F)c1)OCc1ccccc1. The van der Waals surface area contributed by atoms with Crippen LogP contribution in [-0.4, -0.2) is 11.1 Å². The van der Waals surface area contributed by atoms with Gasteiger partial charge in [-0.1, -0.05) is 30.3 Å². The Kier molecular flexibility index (Phi) is 4.13. The predicted molar refractivity (Wildman–Crippen MR) is 68.0 cm³/mol. The molecule has 0 aliphatic rings. The minimum absolute atomic E-state index is 0.0713. The van der Waals surface area contributed by atoms with Gasteiger partial charge in [0, 0.05) is 6.07 Å². The summed E-state index contributed by atoms with van der Waals surface area (Å²) in [4.78, 5) is 11.6. The number of hydrogen-bond acceptors (Lipinski definition) is 3. The second kappa shape index (κ2) is 6.00. The smallest absolute Gasteiger partial charge is 0.310 e. The Labute approximate surface area is 110 Å². The number of rotatable bonds is 4. The van der Waals surface area contributed by atoms with Crippen molar-refractivity contribution in [2.45, 2.75) is 13.0 Å². The highest BCUT2D eigenvalue weighted by Gasteiger charge is 2.07. The molecule has 0 bridgehead atoms. The van der Waals surface area contributed by atoms with Gasteiger partial charge in [-0.05, 0) is 23.3 Å². The van der Waals surface area contributed by atoms with Crippen LogP contribution in [-0.2, 0) is 22.6 Å². The number of ether oxygens (including phenoxy) is 1. The van der Waals surface area contributed by atoms with Crippen LogP contribution in [0.1, 0.15) is 11.1 Å². The summed E-state index contributed by atoms with van der Waals surface area (Å²) in [5.41, 5.74) is 1.27. The first-order chi connectivity index (χ1) is 9.13. The molecular weight excluding hydrogens is 247 g/mol. The Hall–Kier alpha value is -2.36. The van der Waals surface area contributed by atoms with Gasteiger partial charge in [0.25, 0.3) is 0 Å². The summed E-state index contributed by atoms with van der Waals surface area (Å²) in [7, 11) is 0. The maximum absolute atomic E-state index is 13.0. The average Bonchev–Trinajstić information content (AvgIpc) is 2.36. The van der Waals surface area contributed by atoms with Crippen molar-refractivity contribution in [1.82, 2.24) is 0 Å². The maximum Gasteiger partial charge on any atom is 0.310 e. The van der Waals surface area contributed by atoms with Gasteiger partial charge in [-0.3, -0.25) is 4.79 Å². The van der Waals surface area contributed by atoms with Crippen LogP contribution < -0.4 is 0 Å². The van der Waals surface area contributed by atoms with E-state index in [9.17, 15) is 14.3 Å². The van der Waals surface area contributed by atoms with Crippen LogP contribution in [0.5, 0.6) is 5.75 Å². The van der Waals surface area contributed by atoms with Gasteiger partial charge in [-0.15, -0.1) is 0 Å². The molecule has 0 aliphatic heterocycles. The van der Waals surface area contributed by atoms with E-state index in [-0.39, 0.29) is 18.8 Å². The first-order valence-corrected chi connectivity index (χ1v) is 5.81. The molecule has 3 nitrogen and oxygen atoms in total. The molecule has 0 fully saturated rings. The third-order valence-electron chi connectivity index (χ3n) is 2.53. The fourth-order valence-electron chi connectivity index (χ4n) is 1.69. The van der Waals surface area contributed by atoms with Crippen molar-refractivity contribution in [2.24, 2.45) is 0 Å². The predicted octanol–water partition coefficient (Wildman–Crippen LogP) is 2.82. The highest BCUT2D eigenvalue weighted by molar-refractivity contribution is 5.72. The second-order valence-corrected chi connectivity index (χ2v) is 4.14. The molecule has 0 amide bonds. The third-order valence-corrected chi connectivity index (χ3v) is 2.53. The number of benzene rings is 2. The third kappa shape index (κ3) is 4.10. The number of phenolic OH excluding ortho intramolecular Hbond substituents is 1. The van der Waals surface area contributed by atoms with Crippen molar-refractivity contribution in [1.29, 1.82) is 0 Å². The molecule has 2 aromatic carbocycles. The molecule has 0 atom stereocenters. The highest BCUT2D eigenvalue weighted by Crippen LogP contribution is 2.15. The minimum atomic E-state index is -0.578. The van der Waals surface area contributed by atoms with Crippen molar-refractivity contribution in [3.05, 3.63) is 65.5 Å². The number of halogens is 1. The molecule has 2 aromatic rings. The topological polar surface area (TPSA) is 46.5 Å². The van der Waals surface area contributed by atoms with Crippen LogP contribution in [0.25, 0.3) is 0 Å². The molecule has 0 aromatic heterocycles. The lowest BCUT2D eigenvalue weighted by Gasteiger charge is -2.05. The van der Waals surface area contributed by atoms with Crippen LogP contribution in [0.3, 0.4) is 0 Å². The van der Waals surface area contributed by atoms with Gasteiger partial charge in [-0.2, -0.15) is 0 Å². The van der Waals surface area contributed by atoms with Gasteiger partial charge in [-0.25, -0.2) is 4.39 Å². The van der Waals surface area contributed by atoms with Crippen LogP contribution in [0, 0.1) is 5.82 Å². The monoisotopic (exact) mass is 260 g/mol. The van der Waals surface area contributed by atoms with E-state index in [1.54, 1.807) is 0 Å². The zero-order valence-electron chi connectivity index (χ0n) is 10.2. The zero-order chi connectivity index (χ0) is 13.7. The number of hydrogen-bond donors (Lipinski definition) is 1. The van der Waals surface area contributed by atoms with Crippen LogP contribution in [0.2, 0.25) is 0 Å². The lowest BCUT2D eigenvalue weighted by Crippen LogP contribution is -2.08. The normalized spacial score (nSPS) is 10.2. The van der Waals surface area contributed by atoms with Gasteiger partial charge in [0.1, 0.15) is 18.2 Å². The van der Waals surface area contributed by atoms with Gasteiger partial charge < -0.3 is 9.84 Å². The number of aromatic hydroxyl groups is 1. The molecule has 19 heavy (non-hydrogen) atoms. The Morgan fingerprint density at radius 1 is 1.11 bits per heavy atom. The van der Waals surface area contributed by atoms with E-state index in [4.69, 9.17) is 4.74 Å². The summed E-state index contributed by atoms with van der Waals surface area (Å²) < 4.78 is 18.1. The molecule has 2 rings (SSSR count). The van der Waals surface area contributed by atoms with Gasteiger partial charge in [0.15, 0.2) is 0 Å². The lowest BCUT2D eigenvalue weighted by molar-refractivity contribution is -0.144. The lowest BCUT2D eigenvalue weighted by atomic mass is 10.1. The summed E-state index contributed by atoms with van der Waals surface area (Å²) in [6.07, 6.45) is -0.0713. The molecule has 0 radical (unpaired) electrons. The maximum atomic E-state index is 13.0. The highest BCUT2D eigenvalue weighted by atomic mass is 19.1. The van der Waals surface area contributed by atoms with E-state index in [1.165, 1.54) is 12.1 Å². The van der Waals surface area contributed by atoms with E-state index in [0.717, 1.165) is 11.6 Å². The molecule has 98 valence electrons. The van der Waals surface area contributed by atoms with Crippen LogP contribution in [0.4, 0.5) is 4.39 Å². The zero-order valence-corrected chi connectivity index (χ0v) is 10.2. The van der Waals surface area contributed by atoms with Crippen molar-refractivity contribution in [2.75, 3.05) is 0 Å². The van der Waals surface area contributed by atoms with Crippen molar-refractivity contribution < 1.29 is 19.0 Å². The van der Waals surface area contributed by atoms with Crippen LogP contribution in [0.15, 0.2) is 48.5 Å². The minimum Gasteiger partial charge on any atom is -0.508 e. The van der Waals surface area contributed by atoms with Crippen molar-refractivity contribution >= 4 is 5.97 Å². The molecule has 4 heteroatoms. The summed E-state index contributed by atoms with van der Waals surface area (Å²) in [5.74, 6) is -1.24. The van der Waals surface area contributed by atoms with E-state index < -0.39 is 11.8 Å². The first-order valence-electron chi connectivity index (χ1n) is 5.81. The standard InChI is InChI=1S/C15H13FO3/c16-13-6-12(7-14(17)9-13)8-15(18)19-10-11-4-2-1-3-5-11/h1-7,9,17H,8,10H2. The van der Waals surface area contributed by atoms with E-state index in [1.807, 2.05) is 30.3 Å². The number of carbonyl (C=O) groups excluding carboxylic acids is 1. The molecule has 0 spiro atoms. The van der Waals surface area contributed by atoms with Gasteiger partial charge in [0.05, 0.1) is 6.42 Å². The summed E-state index contributed by atoms with van der Waals surface area (Å²) in [6, 6.07) is 12.8. The number of esters is 1. The molecule has 0 saturated heterocycles.